The van der Waals surface area contributed by atoms with Gasteiger partial charge in [0.25, 0.3) is 0 Å². The average Bonchev–Trinajstić information content (AvgIpc) is 2.65. The minimum atomic E-state index is -0.672. The third-order valence-corrected chi connectivity index (χ3v) is 4.04. The lowest BCUT2D eigenvalue weighted by Gasteiger charge is -2.05. The summed E-state index contributed by atoms with van der Waals surface area (Å²) in [6.07, 6.45) is 4.61. The smallest absolute Gasteiger partial charge is 0.185 e. The molecular weight excluding hydrogens is 242 g/mol. The molecule has 0 spiro atoms. The third kappa shape index (κ3) is 5.05. The molecule has 0 aliphatic rings. The van der Waals surface area contributed by atoms with Crippen LogP contribution in [0.4, 0.5) is 5.13 Å². The molecule has 1 aromatic heterocycles. The van der Waals surface area contributed by atoms with Crippen molar-refractivity contribution in [1.82, 2.24) is 10.3 Å². The van der Waals surface area contributed by atoms with Crippen LogP contribution in [0.25, 0.3) is 0 Å². The molecule has 0 amide bonds. The highest BCUT2D eigenvalue weighted by atomic mass is 32.2. The van der Waals surface area contributed by atoms with E-state index in [0.717, 1.165) is 30.4 Å². The van der Waals surface area contributed by atoms with Gasteiger partial charge in [-0.05, 0) is 13.0 Å². The van der Waals surface area contributed by atoms with Crippen molar-refractivity contribution in [2.24, 2.45) is 0 Å². The molecule has 1 rings (SSSR count). The molecule has 0 aliphatic heterocycles. The summed E-state index contributed by atoms with van der Waals surface area (Å²) in [4.78, 5) is 7.54. The Kier molecular flexibility index (Phi) is 5.94. The predicted molar refractivity (Wildman–Crippen MR) is 71.7 cm³/mol. The van der Waals surface area contributed by atoms with Gasteiger partial charge in [0.15, 0.2) is 5.13 Å². The number of rotatable bonds is 7. The van der Waals surface area contributed by atoms with Crippen molar-refractivity contribution < 1.29 is 4.21 Å². The zero-order chi connectivity index (χ0) is 12.0. The zero-order valence-corrected chi connectivity index (χ0v) is 11.7. The topological polar surface area (TPSA) is 45.2 Å². The molecule has 0 fully saturated rings. The van der Waals surface area contributed by atoms with Gasteiger partial charge >= 0.3 is 0 Å². The molecule has 0 aliphatic carbocycles. The fourth-order valence-corrected chi connectivity index (χ4v) is 2.55. The van der Waals surface area contributed by atoms with Gasteiger partial charge in [0.2, 0.25) is 0 Å². The summed E-state index contributed by atoms with van der Waals surface area (Å²) in [7, 11) is 3.31. The standard InChI is InChI=1S/C10H19N3OS2/c1-13(2)10-12-8-9(15-10)7-11-5-4-6-16(3)14/h8,11H,4-7H2,1-3H3. The summed E-state index contributed by atoms with van der Waals surface area (Å²) in [5.74, 6) is 0.776. The van der Waals surface area contributed by atoms with Crippen molar-refractivity contribution in [3.8, 4) is 0 Å². The van der Waals surface area contributed by atoms with Crippen molar-refractivity contribution >= 4 is 27.3 Å². The normalized spacial score (nSPS) is 12.7. The van der Waals surface area contributed by atoms with Crippen LogP contribution in [0.1, 0.15) is 11.3 Å². The first kappa shape index (κ1) is 13.6. The number of nitrogens with one attached hydrogen (secondary N) is 1. The zero-order valence-electron chi connectivity index (χ0n) is 10.0. The van der Waals surface area contributed by atoms with Crippen LogP contribution < -0.4 is 10.2 Å². The maximum absolute atomic E-state index is 10.8. The van der Waals surface area contributed by atoms with Gasteiger partial charge < -0.3 is 10.2 Å². The first-order valence-electron chi connectivity index (χ1n) is 5.22. The Morgan fingerprint density at radius 3 is 2.88 bits per heavy atom. The van der Waals surface area contributed by atoms with E-state index in [0.29, 0.717) is 0 Å². The van der Waals surface area contributed by atoms with Gasteiger partial charge in [-0.15, -0.1) is 11.3 Å². The maximum atomic E-state index is 10.8. The first-order valence-corrected chi connectivity index (χ1v) is 7.76. The van der Waals surface area contributed by atoms with E-state index in [9.17, 15) is 4.21 Å². The number of hydrogen-bond donors (Lipinski definition) is 1. The molecule has 0 aromatic carbocycles. The van der Waals surface area contributed by atoms with E-state index < -0.39 is 10.8 Å². The number of hydrogen-bond acceptors (Lipinski definition) is 5. The number of anilines is 1. The highest BCUT2D eigenvalue weighted by Crippen LogP contribution is 2.19. The Morgan fingerprint density at radius 2 is 2.31 bits per heavy atom. The highest BCUT2D eigenvalue weighted by Gasteiger charge is 2.02. The summed E-state index contributed by atoms with van der Waals surface area (Å²) in [5, 5.41) is 4.36. The van der Waals surface area contributed by atoms with E-state index in [2.05, 4.69) is 10.3 Å². The lowest BCUT2D eigenvalue weighted by atomic mass is 10.4. The Balaban J connectivity index is 2.19. The third-order valence-electron chi connectivity index (χ3n) is 2.01. The minimum Gasteiger partial charge on any atom is -0.354 e. The van der Waals surface area contributed by atoms with Crippen LogP contribution in [-0.4, -0.2) is 41.8 Å². The second-order valence-electron chi connectivity index (χ2n) is 3.81. The fraction of sp³-hybridized carbons (Fsp3) is 0.700. The molecule has 4 nitrogen and oxygen atoms in total. The molecule has 0 bridgehead atoms. The lowest BCUT2D eigenvalue weighted by Crippen LogP contribution is -2.15. The van der Waals surface area contributed by atoms with Crippen LogP contribution in [0.2, 0.25) is 0 Å². The lowest BCUT2D eigenvalue weighted by molar-refractivity contribution is 0.665. The molecule has 16 heavy (non-hydrogen) atoms. The second kappa shape index (κ2) is 6.98. The van der Waals surface area contributed by atoms with Crippen molar-refractivity contribution in [2.45, 2.75) is 13.0 Å². The predicted octanol–water partition coefficient (Wildman–Crippen LogP) is 1.07. The number of thiazole rings is 1. The van der Waals surface area contributed by atoms with Gasteiger partial charge in [-0.25, -0.2) is 4.98 Å². The van der Waals surface area contributed by atoms with E-state index in [-0.39, 0.29) is 0 Å². The monoisotopic (exact) mass is 261 g/mol. The van der Waals surface area contributed by atoms with Gasteiger partial charge in [-0.3, -0.25) is 4.21 Å². The second-order valence-corrected chi connectivity index (χ2v) is 6.46. The van der Waals surface area contributed by atoms with E-state index in [1.54, 1.807) is 17.6 Å². The van der Waals surface area contributed by atoms with E-state index in [1.807, 2.05) is 25.2 Å². The summed E-state index contributed by atoms with van der Waals surface area (Å²) in [6, 6.07) is 0. The van der Waals surface area contributed by atoms with E-state index >= 15 is 0 Å². The summed E-state index contributed by atoms with van der Waals surface area (Å²) in [6.45, 7) is 1.76. The Labute approximate surface area is 104 Å². The minimum absolute atomic E-state index is 0.672. The molecule has 1 atom stereocenters. The SMILES string of the molecule is CN(C)c1ncc(CNCCCS(C)=O)s1. The molecule has 0 saturated heterocycles. The van der Waals surface area contributed by atoms with Crippen molar-refractivity contribution in [3.63, 3.8) is 0 Å². The largest absolute Gasteiger partial charge is 0.354 e. The average molecular weight is 261 g/mol. The Bertz CT molecular complexity index is 339. The van der Waals surface area contributed by atoms with Gasteiger partial charge in [-0.1, -0.05) is 0 Å². The van der Waals surface area contributed by atoms with Crippen molar-refractivity contribution in [1.29, 1.82) is 0 Å². The summed E-state index contributed by atoms with van der Waals surface area (Å²) in [5.41, 5.74) is 0. The fourth-order valence-electron chi connectivity index (χ4n) is 1.20. The van der Waals surface area contributed by atoms with E-state index in [1.165, 1.54) is 4.88 Å². The van der Waals surface area contributed by atoms with Crippen LogP contribution in [0.15, 0.2) is 6.20 Å². The number of nitrogens with zero attached hydrogens (tertiary/aromatic N) is 2. The number of aromatic nitrogens is 1. The van der Waals surface area contributed by atoms with Gasteiger partial charge in [0, 0.05) is 54.5 Å². The van der Waals surface area contributed by atoms with Gasteiger partial charge in [-0.2, -0.15) is 0 Å². The Hall–Kier alpha value is -0.460. The van der Waals surface area contributed by atoms with Crippen LogP contribution in [0, 0.1) is 0 Å². The van der Waals surface area contributed by atoms with Crippen LogP contribution in [0.5, 0.6) is 0 Å². The summed E-state index contributed by atoms with van der Waals surface area (Å²) >= 11 is 1.70. The molecule has 1 heterocycles. The molecule has 1 N–H and O–H groups in total. The van der Waals surface area contributed by atoms with Gasteiger partial charge in [0.05, 0.1) is 0 Å². The summed E-state index contributed by atoms with van der Waals surface area (Å²) < 4.78 is 10.8. The van der Waals surface area contributed by atoms with Crippen LogP contribution >= 0.6 is 11.3 Å². The maximum Gasteiger partial charge on any atom is 0.185 e. The Morgan fingerprint density at radius 1 is 1.56 bits per heavy atom. The highest BCUT2D eigenvalue weighted by molar-refractivity contribution is 7.84. The molecule has 1 unspecified atom stereocenters. The van der Waals surface area contributed by atoms with Crippen molar-refractivity contribution in [3.05, 3.63) is 11.1 Å². The molecule has 92 valence electrons. The molecule has 0 radical (unpaired) electrons. The van der Waals surface area contributed by atoms with E-state index in [4.69, 9.17) is 0 Å². The quantitative estimate of drug-likeness (QED) is 0.746. The first-order chi connectivity index (χ1) is 7.59. The molecule has 6 heteroatoms. The van der Waals surface area contributed by atoms with Crippen molar-refractivity contribution in [2.75, 3.05) is 37.5 Å². The van der Waals surface area contributed by atoms with Crippen LogP contribution in [0.3, 0.4) is 0 Å². The molecule has 0 saturated carbocycles. The van der Waals surface area contributed by atoms with Crippen LogP contribution in [-0.2, 0) is 17.3 Å². The van der Waals surface area contributed by atoms with Gasteiger partial charge in [0.1, 0.15) is 0 Å². The molecular formula is C10H19N3OS2. The molecule has 1 aromatic rings.